The van der Waals surface area contributed by atoms with Crippen molar-refractivity contribution in [3.05, 3.63) is 18.2 Å². The number of hydrogen-bond donors (Lipinski definition) is 1. The second-order valence-electron chi connectivity index (χ2n) is 3.85. The zero-order valence-electron chi connectivity index (χ0n) is 10.8. The summed E-state index contributed by atoms with van der Waals surface area (Å²) in [4.78, 5) is 15.8. The summed E-state index contributed by atoms with van der Waals surface area (Å²) in [5, 5.41) is 2.82. The number of aryl methyl sites for hydroxylation is 1. The molecular weight excluding hydrogens is 218 g/mol. The van der Waals surface area contributed by atoms with E-state index in [-0.39, 0.29) is 5.91 Å². The van der Waals surface area contributed by atoms with Gasteiger partial charge in [0.05, 0.1) is 6.54 Å². The third-order valence-electron chi connectivity index (χ3n) is 2.47. The van der Waals surface area contributed by atoms with E-state index in [1.807, 2.05) is 17.7 Å². The third kappa shape index (κ3) is 4.19. The highest BCUT2D eigenvalue weighted by atomic mass is 16.5. The SMILES string of the molecule is CCCn1ccnc1CNC(=O)[C@H](C)OCC. The van der Waals surface area contributed by atoms with Crippen LogP contribution in [0.25, 0.3) is 0 Å². The first-order valence-electron chi connectivity index (χ1n) is 6.08. The Morgan fingerprint density at radius 1 is 1.59 bits per heavy atom. The molecule has 1 aromatic rings. The number of imidazole rings is 1. The summed E-state index contributed by atoms with van der Waals surface area (Å²) in [6, 6.07) is 0. The molecular formula is C12H21N3O2. The predicted molar refractivity (Wildman–Crippen MR) is 65.5 cm³/mol. The molecule has 0 radical (unpaired) electrons. The largest absolute Gasteiger partial charge is 0.369 e. The van der Waals surface area contributed by atoms with Crippen LogP contribution in [0.1, 0.15) is 33.0 Å². The Balaban J connectivity index is 2.44. The number of nitrogens with one attached hydrogen (secondary N) is 1. The molecule has 0 aliphatic rings. The lowest BCUT2D eigenvalue weighted by molar-refractivity contribution is -0.131. The molecule has 0 saturated heterocycles. The van der Waals surface area contributed by atoms with Crippen molar-refractivity contribution in [1.29, 1.82) is 0 Å². The number of nitrogens with zero attached hydrogens (tertiary/aromatic N) is 2. The highest BCUT2D eigenvalue weighted by molar-refractivity contribution is 5.80. The van der Waals surface area contributed by atoms with Gasteiger partial charge in [0.2, 0.25) is 5.91 Å². The molecule has 0 aliphatic heterocycles. The number of rotatable bonds is 7. The van der Waals surface area contributed by atoms with Crippen LogP contribution in [-0.4, -0.2) is 28.2 Å². The van der Waals surface area contributed by atoms with E-state index in [1.165, 1.54) is 0 Å². The number of aromatic nitrogens is 2. The van der Waals surface area contributed by atoms with Crippen molar-refractivity contribution in [3.8, 4) is 0 Å². The Hall–Kier alpha value is -1.36. The van der Waals surface area contributed by atoms with Crippen LogP contribution in [0.15, 0.2) is 12.4 Å². The van der Waals surface area contributed by atoms with Gasteiger partial charge in [0.1, 0.15) is 11.9 Å². The minimum absolute atomic E-state index is 0.0992. The second kappa shape index (κ2) is 7.06. The van der Waals surface area contributed by atoms with Gasteiger partial charge in [-0.15, -0.1) is 0 Å². The summed E-state index contributed by atoms with van der Waals surface area (Å²) < 4.78 is 7.26. The average molecular weight is 239 g/mol. The van der Waals surface area contributed by atoms with Gasteiger partial charge in [-0.05, 0) is 20.3 Å². The van der Waals surface area contributed by atoms with Gasteiger partial charge in [-0.2, -0.15) is 0 Å². The van der Waals surface area contributed by atoms with Crippen molar-refractivity contribution in [2.45, 2.75) is 46.4 Å². The van der Waals surface area contributed by atoms with Crippen LogP contribution in [-0.2, 0) is 22.6 Å². The molecule has 1 heterocycles. The molecule has 0 aromatic carbocycles. The molecule has 96 valence electrons. The van der Waals surface area contributed by atoms with Crippen LogP contribution in [0.5, 0.6) is 0 Å². The molecule has 1 aromatic heterocycles. The van der Waals surface area contributed by atoms with E-state index < -0.39 is 6.10 Å². The maximum Gasteiger partial charge on any atom is 0.249 e. The smallest absolute Gasteiger partial charge is 0.249 e. The normalized spacial score (nSPS) is 12.4. The van der Waals surface area contributed by atoms with Gasteiger partial charge in [-0.3, -0.25) is 4.79 Å². The predicted octanol–water partition coefficient (Wildman–Crippen LogP) is 1.33. The van der Waals surface area contributed by atoms with Crippen LogP contribution >= 0.6 is 0 Å². The van der Waals surface area contributed by atoms with Crippen molar-refractivity contribution in [3.63, 3.8) is 0 Å². The number of carbonyl (C=O) groups excluding carboxylic acids is 1. The highest BCUT2D eigenvalue weighted by Crippen LogP contribution is 1.99. The van der Waals surface area contributed by atoms with E-state index >= 15 is 0 Å². The molecule has 0 spiro atoms. The van der Waals surface area contributed by atoms with E-state index in [4.69, 9.17) is 4.74 Å². The van der Waals surface area contributed by atoms with E-state index in [0.717, 1.165) is 18.8 Å². The van der Waals surface area contributed by atoms with Gasteiger partial charge in [-0.25, -0.2) is 4.98 Å². The van der Waals surface area contributed by atoms with Gasteiger partial charge in [0.15, 0.2) is 0 Å². The number of hydrogen-bond acceptors (Lipinski definition) is 3. The van der Waals surface area contributed by atoms with Crippen molar-refractivity contribution in [2.75, 3.05) is 6.61 Å². The Bertz CT molecular complexity index is 349. The summed E-state index contributed by atoms with van der Waals surface area (Å²) in [5.74, 6) is 0.779. The van der Waals surface area contributed by atoms with Crippen molar-refractivity contribution in [2.24, 2.45) is 0 Å². The van der Waals surface area contributed by atoms with Gasteiger partial charge >= 0.3 is 0 Å². The lowest BCUT2D eigenvalue weighted by Crippen LogP contribution is -2.34. The average Bonchev–Trinajstić information content (AvgIpc) is 2.74. The van der Waals surface area contributed by atoms with Crippen molar-refractivity contribution >= 4 is 5.91 Å². The fraction of sp³-hybridized carbons (Fsp3) is 0.667. The molecule has 0 saturated carbocycles. The standard InChI is InChI=1S/C12H21N3O2/c1-4-7-15-8-6-13-11(15)9-14-12(16)10(3)17-5-2/h6,8,10H,4-5,7,9H2,1-3H3,(H,14,16)/t10-/m0/s1. The molecule has 5 nitrogen and oxygen atoms in total. The van der Waals surface area contributed by atoms with Crippen LogP contribution in [0.3, 0.4) is 0 Å². The van der Waals surface area contributed by atoms with Crippen LogP contribution in [0, 0.1) is 0 Å². The Morgan fingerprint density at radius 3 is 3.00 bits per heavy atom. The maximum atomic E-state index is 11.6. The topological polar surface area (TPSA) is 56.2 Å². The summed E-state index contributed by atoms with van der Waals surface area (Å²) in [6.07, 6.45) is 4.32. The van der Waals surface area contributed by atoms with E-state index in [2.05, 4.69) is 17.2 Å². The van der Waals surface area contributed by atoms with Crippen LogP contribution < -0.4 is 5.32 Å². The molecule has 0 aliphatic carbocycles. The lowest BCUT2D eigenvalue weighted by atomic mass is 10.3. The highest BCUT2D eigenvalue weighted by Gasteiger charge is 2.12. The quantitative estimate of drug-likeness (QED) is 0.781. The summed E-state index contributed by atoms with van der Waals surface area (Å²) >= 11 is 0. The monoisotopic (exact) mass is 239 g/mol. The van der Waals surface area contributed by atoms with Crippen LogP contribution in [0.4, 0.5) is 0 Å². The third-order valence-corrected chi connectivity index (χ3v) is 2.47. The first kappa shape index (κ1) is 13.7. The molecule has 17 heavy (non-hydrogen) atoms. The molecule has 1 rings (SSSR count). The summed E-state index contributed by atoms with van der Waals surface area (Å²) in [5.41, 5.74) is 0. The first-order valence-corrected chi connectivity index (χ1v) is 6.08. The van der Waals surface area contributed by atoms with Gasteiger partial charge in [-0.1, -0.05) is 6.92 Å². The Labute approximate surface area is 102 Å². The first-order chi connectivity index (χ1) is 8.19. The minimum atomic E-state index is -0.408. The molecule has 1 atom stereocenters. The van der Waals surface area contributed by atoms with Crippen LogP contribution in [0.2, 0.25) is 0 Å². The molecule has 5 heteroatoms. The van der Waals surface area contributed by atoms with Gasteiger partial charge in [0, 0.05) is 25.5 Å². The number of ether oxygens (including phenoxy) is 1. The molecule has 1 amide bonds. The number of carbonyl (C=O) groups is 1. The molecule has 0 fully saturated rings. The summed E-state index contributed by atoms with van der Waals surface area (Å²) in [6.45, 7) is 7.64. The molecule has 0 bridgehead atoms. The Morgan fingerprint density at radius 2 is 2.35 bits per heavy atom. The van der Waals surface area contributed by atoms with E-state index in [1.54, 1.807) is 13.1 Å². The zero-order chi connectivity index (χ0) is 12.7. The number of amides is 1. The zero-order valence-corrected chi connectivity index (χ0v) is 10.8. The fourth-order valence-electron chi connectivity index (χ4n) is 1.59. The van der Waals surface area contributed by atoms with Crippen molar-refractivity contribution in [1.82, 2.24) is 14.9 Å². The summed E-state index contributed by atoms with van der Waals surface area (Å²) in [7, 11) is 0. The lowest BCUT2D eigenvalue weighted by Gasteiger charge is -2.12. The maximum absolute atomic E-state index is 11.6. The minimum Gasteiger partial charge on any atom is -0.369 e. The second-order valence-corrected chi connectivity index (χ2v) is 3.85. The van der Waals surface area contributed by atoms with Gasteiger partial charge in [0.25, 0.3) is 0 Å². The van der Waals surface area contributed by atoms with E-state index in [0.29, 0.717) is 13.2 Å². The van der Waals surface area contributed by atoms with Crippen molar-refractivity contribution < 1.29 is 9.53 Å². The molecule has 1 N–H and O–H groups in total. The van der Waals surface area contributed by atoms with Gasteiger partial charge < -0.3 is 14.6 Å². The Kier molecular flexibility index (Phi) is 5.69. The fourth-order valence-corrected chi connectivity index (χ4v) is 1.59. The molecule has 0 unspecified atom stereocenters. The van der Waals surface area contributed by atoms with E-state index in [9.17, 15) is 4.79 Å².